The van der Waals surface area contributed by atoms with Crippen LogP contribution in [0.5, 0.6) is 0 Å². The molecule has 0 radical (unpaired) electrons. The van der Waals surface area contributed by atoms with Gasteiger partial charge >= 0.3 is 0 Å². The number of nitrogens with zero attached hydrogens (tertiary/aromatic N) is 3. The van der Waals surface area contributed by atoms with E-state index in [0.29, 0.717) is 19.8 Å². The number of aromatic nitrogens is 3. The number of unbranched alkanes of at least 4 members (excludes halogenated alkanes) is 1. The topological polar surface area (TPSA) is 104 Å². The summed E-state index contributed by atoms with van der Waals surface area (Å²) in [6.45, 7) is 2.26. The number of nitrogens with two attached hydrogens (primary N) is 1. The van der Waals surface area contributed by atoms with Crippen LogP contribution in [0.1, 0.15) is 12.8 Å². The van der Waals surface area contributed by atoms with Gasteiger partial charge in [-0.1, -0.05) is 5.21 Å². The summed E-state index contributed by atoms with van der Waals surface area (Å²) in [5.74, 6) is -0.161. The Morgan fingerprint density at radius 2 is 2.20 bits per heavy atom. The number of carbonyl (C=O) groups is 1. The Bertz CT molecular complexity index is 358. The van der Waals surface area contributed by atoms with Crippen molar-refractivity contribution >= 4 is 5.91 Å². The Morgan fingerprint density at radius 3 is 2.90 bits per heavy atom. The molecule has 8 heteroatoms. The lowest BCUT2D eigenvalue weighted by atomic mass is 10.3. The summed E-state index contributed by atoms with van der Waals surface area (Å²) in [6, 6.07) is -0.213. The number of aryl methyl sites for hydroxylation is 1. The molecule has 0 aliphatic carbocycles. The highest BCUT2D eigenvalue weighted by Gasteiger charge is 2.04. The highest BCUT2D eigenvalue weighted by atomic mass is 16.5. The smallest absolute Gasteiger partial charge is 0.245 e. The van der Waals surface area contributed by atoms with E-state index in [-0.39, 0.29) is 18.6 Å². The van der Waals surface area contributed by atoms with Crippen molar-refractivity contribution in [1.82, 2.24) is 20.3 Å². The Balaban J connectivity index is 1.88. The van der Waals surface area contributed by atoms with Gasteiger partial charge in [-0.2, -0.15) is 0 Å². The molecular weight excluding hydrogens is 262 g/mol. The van der Waals surface area contributed by atoms with Crippen LogP contribution in [0.4, 0.5) is 0 Å². The van der Waals surface area contributed by atoms with E-state index in [1.54, 1.807) is 17.9 Å². The molecule has 1 heterocycles. The predicted molar refractivity (Wildman–Crippen MR) is 72.9 cm³/mol. The Labute approximate surface area is 118 Å². The maximum absolute atomic E-state index is 10.9. The highest BCUT2D eigenvalue weighted by molar-refractivity contribution is 5.76. The Kier molecular flexibility index (Phi) is 8.52. The zero-order chi connectivity index (χ0) is 14.6. The molecule has 0 aliphatic heterocycles. The van der Waals surface area contributed by atoms with Crippen LogP contribution in [0, 0.1) is 0 Å². The molecular formula is C12H23N5O3. The van der Waals surface area contributed by atoms with Crippen molar-refractivity contribution in [2.45, 2.75) is 25.4 Å². The minimum Gasteiger partial charge on any atom is -0.380 e. The lowest BCUT2D eigenvalue weighted by Gasteiger charge is -2.12. The lowest BCUT2D eigenvalue weighted by Crippen LogP contribution is -2.34. The normalized spacial score (nSPS) is 12.3. The van der Waals surface area contributed by atoms with Crippen LogP contribution in [0.15, 0.2) is 12.4 Å². The number of ether oxygens (including phenoxy) is 2. The minimum absolute atomic E-state index is 0.0299. The largest absolute Gasteiger partial charge is 0.380 e. The number of hydrogen-bond acceptors (Lipinski definition) is 6. The molecule has 0 saturated heterocycles. The summed E-state index contributed by atoms with van der Waals surface area (Å²) in [7, 11) is 1.56. The van der Waals surface area contributed by atoms with Crippen molar-refractivity contribution in [3.8, 4) is 0 Å². The van der Waals surface area contributed by atoms with Gasteiger partial charge in [-0.15, -0.1) is 5.10 Å². The first-order chi connectivity index (χ1) is 9.72. The fraction of sp³-hybridized carbons (Fsp3) is 0.750. The van der Waals surface area contributed by atoms with E-state index in [0.717, 1.165) is 19.4 Å². The van der Waals surface area contributed by atoms with Crippen LogP contribution < -0.4 is 11.1 Å². The number of amides is 1. The molecule has 1 amide bonds. The lowest BCUT2D eigenvalue weighted by molar-refractivity contribution is -0.125. The average molecular weight is 285 g/mol. The second kappa shape index (κ2) is 10.3. The van der Waals surface area contributed by atoms with Crippen LogP contribution in [0.2, 0.25) is 0 Å². The third-order valence-corrected chi connectivity index (χ3v) is 2.57. The standard InChI is InChI=1S/C12H23N5O3/c1-14-12(18)10-20-9-11(13)8-19-7-3-2-5-17-6-4-15-16-17/h4,6,11H,2-3,5,7-10,13H2,1H3,(H,14,18). The SMILES string of the molecule is CNC(=O)COCC(N)COCCCCn1ccnn1. The highest BCUT2D eigenvalue weighted by Crippen LogP contribution is 1.95. The quantitative estimate of drug-likeness (QED) is 0.514. The molecule has 0 fully saturated rings. The molecule has 1 unspecified atom stereocenters. The third kappa shape index (κ3) is 7.82. The number of likely N-dealkylation sites (N-methyl/N-ethyl adjacent to an activating group) is 1. The monoisotopic (exact) mass is 285 g/mol. The van der Waals surface area contributed by atoms with Crippen LogP contribution in [-0.2, 0) is 20.8 Å². The maximum Gasteiger partial charge on any atom is 0.245 e. The van der Waals surface area contributed by atoms with Gasteiger partial charge in [0.15, 0.2) is 0 Å². The summed E-state index contributed by atoms with van der Waals surface area (Å²) in [5, 5.41) is 10.1. The third-order valence-electron chi connectivity index (χ3n) is 2.57. The molecule has 0 aliphatic rings. The van der Waals surface area contributed by atoms with E-state index < -0.39 is 0 Å². The van der Waals surface area contributed by atoms with Crippen molar-refractivity contribution in [1.29, 1.82) is 0 Å². The Morgan fingerprint density at radius 1 is 1.40 bits per heavy atom. The molecule has 0 aromatic carbocycles. The summed E-state index contributed by atoms with van der Waals surface area (Å²) < 4.78 is 12.4. The molecule has 3 N–H and O–H groups in total. The summed E-state index contributed by atoms with van der Waals surface area (Å²) in [4.78, 5) is 10.9. The van der Waals surface area contributed by atoms with Gasteiger partial charge in [0.25, 0.3) is 0 Å². The molecule has 1 aromatic rings. The molecule has 0 bridgehead atoms. The van der Waals surface area contributed by atoms with Crippen molar-refractivity contribution in [3.05, 3.63) is 12.4 Å². The van der Waals surface area contributed by atoms with Crippen LogP contribution in [0.25, 0.3) is 0 Å². The molecule has 1 atom stereocenters. The zero-order valence-electron chi connectivity index (χ0n) is 11.8. The molecule has 0 saturated carbocycles. The first kappa shape index (κ1) is 16.5. The number of rotatable bonds is 11. The van der Waals surface area contributed by atoms with Gasteiger partial charge in [-0.05, 0) is 12.8 Å². The summed E-state index contributed by atoms with van der Waals surface area (Å²) in [6.07, 6.45) is 5.41. The first-order valence-electron chi connectivity index (χ1n) is 6.68. The van der Waals surface area contributed by atoms with E-state index in [1.807, 2.05) is 6.20 Å². The number of hydrogen-bond donors (Lipinski definition) is 2. The van der Waals surface area contributed by atoms with Crippen molar-refractivity contribution < 1.29 is 14.3 Å². The van der Waals surface area contributed by atoms with Gasteiger partial charge in [0.1, 0.15) is 6.61 Å². The second-order valence-corrected chi connectivity index (χ2v) is 4.40. The predicted octanol–water partition coefficient (Wildman–Crippen LogP) is -0.835. The molecule has 20 heavy (non-hydrogen) atoms. The van der Waals surface area contributed by atoms with Gasteiger partial charge in [0, 0.05) is 26.4 Å². The van der Waals surface area contributed by atoms with Gasteiger partial charge in [0.05, 0.1) is 25.5 Å². The van der Waals surface area contributed by atoms with Gasteiger partial charge < -0.3 is 20.5 Å². The average Bonchev–Trinajstić information content (AvgIpc) is 2.95. The van der Waals surface area contributed by atoms with E-state index >= 15 is 0 Å². The summed E-state index contributed by atoms with van der Waals surface area (Å²) in [5.41, 5.74) is 5.79. The first-order valence-corrected chi connectivity index (χ1v) is 6.68. The van der Waals surface area contributed by atoms with E-state index in [9.17, 15) is 4.79 Å². The van der Waals surface area contributed by atoms with Crippen LogP contribution in [0.3, 0.4) is 0 Å². The van der Waals surface area contributed by atoms with E-state index in [2.05, 4.69) is 15.6 Å². The zero-order valence-corrected chi connectivity index (χ0v) is 11.8. The minimum atomic E-state index is -0.213. The van der Waals surface area contributed by atoms with Gasteiger partial charge in [-0.25, -0.2) is 0 Å². The van der Waals surface area contributed by atoms with Crippen molar-refractivity contribution in [3.63, 3.8) is 0 Å². The van der Waals surface area contributed by atoms with Crippen molar-refractivity contribution in [2.75, 3.05) is 33.5 Å². The molecule has 1 aromatic heterocycles. The second-order valence-electron chi connectivity index (χ2n) is 4.40. The maximum atomic E-state index is 10.9. The van der Waals surface area contributed by atoms with Crippen LogP contribution >= 0.6 is 0 Å². The van der Waals surface area contributed by atoms with Crippen LogP contribution in [-0.4, -0.2) is 60.4 Å². The van der Waals surface area contributed by atoms with Gasteiger partial charge in [0.2, 0.25) is 5.91 Å². The number of nitrogens with one attached hydrogen (secondary N) is 1. The van der Waals surface area contributed by atoms with E-state index in [4.69, 9.17) is 15.2 Å². The molecule has 0 spiro atoms. The fourth-order valence-electron chi connectivity index (χ4n) is 1.49. The molecule has 1 rings (SSSR count). The van der Waals surface area contributed by atoms with E-state index in [1.165, 1.54) is 0 Å². The summed E-state index contributed by atoms with van der Waals surface area (Å²) >= 11 is 0. The Hall–Kier alpha value is -1.51. The fourth-order valence-corrected chi connectivity index (χ4v) is 1.49. The number of carbonyl (C=O) groups excluding carboxylic acids is 1. The molecule has 8 nitrogen and oxygen atoms in total. The van der Waals surface area contributed by atoms with Gasteiger partial charge in [-0.3, -0.25) is 9.48 Å². The molecule has 114 valence electrons. The van der Waals surface area contributed by atoms with Crippen molar-refractivity contribution in [2.24, 2.45) is 5.73 Å².